The Morgan fingerprint density at radius 1 is 1.46 bits per heavy atom. The first-order valence-corrected chi connectivity index (χ1v) is 4.78. The fourth-order valence-corrected chi connectivity index (χ4v) is 1.78. The molecule has 0 aromatic carbocycles. The Morgan fingerprint density at radius 2 is 2.38 bits per heavy atom. The molecule has 2 rings (SSSR count). The van der Waals surface area contributed by atoms with Gasteiger partial charge >= 0.3 is 5.69 Å². The van der Waals surface area contributed by atoms with Crippen LogP contribution in [0.1, 0.15) is 4.88 Å². The Morgan fingerprint density at radius 3 is 3.08 bits per heavy atom. The van der Waals surface area contributed by atoms with E-state index < -0.39 is 0 Å². The molecule has 0 bridgehead atoms. The second kappa shape index (κ2) is 3.53. The van der Waals surface area contributed by atoms with Gasteiger partial charge in [-0.25, -0.2) is 9.78 Å². The highest BCUT2D eigenvalue weighted by molar-refractivity contribution is 7.09. The molecule has 0 amide bonds. The van der Waals surface area contributed by atoms with Crippen molar-refractivity contribution in [1.82, 2.24) is 9.55 Å². The highest BCUT2D eigenvalue weighted by Gasteiger charge is 1.97. The van der Waals surface area contributed by atoms with Crippen LogP contribution >= 0.6 is 11.3 Å². The molecule has 4 heteroatoms. The summed E-state index contributed by atoms with van der Waals surface area (Å²) >= 11 is 1.64. The Hall–Kier alpha value is -1.42. The minimum atomic E-state index is -0.198. The largest absolute Gasteiger partial charge is 0.347 e. The summed E-state index contributed by atoms with van der Waals surface area (Å²) in [5.74, 6) is 0. The third kappa shape index (κ3) is 1.84. The quantitative estimate of drug-likeness (QED) is 0.720. The van der Waals surface area contributed by atoms with Gasteiger partial charge in [-0.3, -0.25) is 4.57 Å². The van der Waals surface area contributed by atoms with Crippen molar-refractivity contribution >= 4 is 11.3 Å². The second-order valence-corrected chi connectivity index (χ2v) is 3.64. The first kappa shape index (κ1) is 8.19. The average molecular weight is 192 g/mol. The first-order valence-electron chi connectivity index (χ1n) is 3.90. The molecule has 2 aromatic heterocycles. The van der Waals surface area contributed by atoms with E-state index in [1.54, 1.807) is 28.2 Å². The molecular formula is C9H8N2OS. The number of nitrogens with zero attached hydrogens (tertiary/aromatic N) is 2. The molecule has 2 aromatic rings. The zero-order chi connectivity index (χ0) is 9.10. The standard InChI is InChI=1S/C9H8N2OS/c12-9-10-4-2-5-11(9)7-8-3-1-6-13-8/h1-6H,7H2. The van der Waals surface area contributed by atoms with E-state index in [1.165, 1.54) is 6.20 Å². The zero-order valence-electron chi connectivity index (χ0n) is 6.88. The predicted octanol–water partition coefficient (Wildman–Crippen LogP) is 1.35. The predicted molar refractivity (Wildman–Crippen MR) is 51.9 cm³/mol. The minimum Gasteiger partial charge on any atom is -0.294 e. The lowest BCUT2D eigenvalue weighted by Crippen LogP contribution is -2.21. The third-order valence-corrected chi connectivity index (χ3v) is 2.55. The van der Waals surface area contributed by atoms with E-state index in [-0.39, 0.29) is 5.69 Å². The molecule has 0 unspecified atom stereocenters. The summed E-state index contributed by atoms with van der Waals surface area (Å²) < 4.78 is 1.59. The molecule has 0 spiro atoms. The van der Waals surface area contributed by atoms with Gasteiger partial charge in [0.25, 0.3) is 0 Å². The number of hydrogen-bond donors (Lipinski definition) is 0. The summed E-state index contributed by atoms with van der Waals surface area (Å²) in [5, 5.41) is 2.00. The molecule has 13 heavy (non-hydrogen) atoms. The van der Waals surface area contributed by atoms with E-state index in [0.717, 1.165) is 4.88 Å². The van der Waals surface area contributed by atoms with Gasteiger partial charge in [0.15, 0.2) is 0 Å². The van der Waals surface area contributed by atoms with E-state index in [4.69, 9.17) is 0 Å². The van der Waals surface area contributed by atoms with Crippen molar-refractivity contribution in [2.75, 3.05) is 0 Å². The molecule has 3 nitrogen and oxygen atoms in total. The third-order valence-electron chi connectivity index (χ3n) is 1.69. The van der Waals surface area contributed by atoms with Crippen LogP contribution < -0.4 is 5.69 Å². The maximum absolute atomic E-state index is 11.2. The van der Waals surface area contributed by atoms with Gasteiger partial charge in [-0.1, -0.05) is 6.07 Å². The molecular weight excluding hydrogens is 184 g/mol. The summed E-state index contributed by atoms with van der Waals surface area (Å²) in [6, 6.07) is 5.74. The van der Waals surface area contributed by atoms with Crippen LogP contribution in [0, 0.1) is 0 Å². The lowest BCUT2D eigenvalue weighted by Gasteiger charge is -2.00. The van der Waals surface area contributed by atoms with Crippen LogP contribution in [0.25, 0.3) is 0 Å². The molecule has 2 heterocycles. The smallest absolute Gasteiger partial charge is 0.294 e. The fourth-order valence-electron chi connectivity index (χ4n) is 1.08. The number of thiophene rings is 1. The van der Waals surface area contributed by atoms with E-state index in [0.29, 0.717) is 6.54 Å². The van der Waals surface area contributed by atoms with Crippen molar-refractivity contribution < 1.29 is 0 Å². The molecule has 0 N–H and O–H groups in total. The highest BCUT2D eigenvalue weighted by Crippen LogP contribution is 2.08. The normalized spacial score (nSPS) is 10.2. The molecule has 0 aliphatic rings. The Bertz CT molecular complexity index is 433. The van der Waals surface area contributed by atoms with E-state index in [9.17, 15) is 4.79 Å². The molecule has 0 radical (unpaired) electrons. The van der Waals surface area contributed by atoms with Gasteiger partial charge in [0.05, 0.1) is 6.54 Å². The summed E-state index contributed by atoms with van der Waals surface area (Å²) in [5.41, 5.74) is -0.198. The molecule has 0 aliphatic carbocycles. The van der Waals surface area contributed by atoms with Crippen molar-refractivity contribution in [3.63, 3.8) is 0 Å². The van der Waals surface area contributed by atoms with Crippen molar-refractivity contribution in [2.45, 2.75) is 6.54 Å². The van der Waals surface area contributed by atoms with Crippen LogP contribution in [0.15, 0.2) is 40.8 Å². The topological polar surface area (TPSA) is 34.9 Å². The van der Waals surface area contributed by atoms with Crippen molar-refractivity contribution in [3.8, 4) is 0 Å². The molecule has 0 saturated carbocycles. The van der Waals surface area contributed by atoms with Crippen LogP contribution in [-0.4, -0.2) is 9.55 Å². The van der Waals surface area contributed by atoms with Crippen LogP contribution in [0.5, 0.6) is 0 Å². The summed E-state index contributed by atoms with van der Waals surface area (Å²) in [4.78, 5) is 16.0. The fraction of sp³-hybridized carbons (Fsp3) is 0.111. The van der Waals surface area contributed by atoms with Gasteiger partial charge in [-0.2, -0.15) is 0 Å². The maximum Gasteiger partial charge on any atom is 0.347 e. The Kier molecular flexibility index (Phi) is 2.23. The summed E-state index contributed by atoms with van der Waals surface area (Å²) in [6.07, 6.45) is 3.25. The minimum absolute atomic E-state index is 0.198. The van der Waals surface area contributed by atoms with Gasteiger partial charge in [-0.05, 0) is 17.5 Å². The SMILES string of the molecule is O=c1ncccn1Cc1cccs1. The lowest BCUT2D eigenvalue weighted by atomic mass is 10.4. The van der Waals surface area contributed by atoms with Crippen molar-refractivity contribution in [2.24, 2.45) is 0 Å². The summed E-state index contributed by atoms with van der Waals surface area (Å²) in [7, 11) is 0. The van der Waals surface area contributed by atoms with Crippen LogP contribution in [0.2, 0.25) is 0 Å². The average Bonchev–Trinajstić information content (AvgIpc) is 2.61. The Labute approximate surface area is 79.3 Å². The molecule has 0 fully saturated rings. The van der Waals surface area contributed by atoms with Crippen molar-refractivity contribution in [3.05, 3.63) is 51.3 Å². The van der Waals surface area contributed by atoms with Gasteiger partial charge in [0.2, 0.25) is 0 Å². The number of rotatable bonds is 2. The lowest BCUT2D eigenvalue weighted by molar-refractivity contribution is 0.735. The van der Waals surface area contributed by atoms with Gasteiger partial charge in [-0.15, -0.1) is 11.3 Å². The summed E-state index contributed by atoms with van der Waals surface area (Å²) in [6.45, 7) is 0.615. The van der Waals surface area contributed by atoms with Gasteiger partial charge < -0.3 is 0 Å². The van der Waals surface area contributed by atoms with Gasteiger partial charge in [0, 0.05) is 17.3 Å². The highest BCUT2D eigenvalue weighted by atomic mass is 32.1. The first-order chi connectivity index (χ1) is 6.36. The monoisotopic (exact) mass is 192 g/mol. The molecule has 66 valence electrons. The van der Waals surface area contributed by atoms with E-state index in [1.807, 2.05) is 17.5 Å². The van der Waals surface area contributed by atoms with Crippen LogP contribution in [0.4, 0.5) is 0 Å². The maximum atomic E-state index is 11.2. The molecule has 0 atom stereocenters. The zero-order valence-corrected chi connectivity index (χ0v) is 7.70. The molecule has 0 saturated heterocycles. The molecule has 0 aliphatic heterocycles. The number of aromatic nitrogens is 2. The van der Waals surface area contributed by atoms with Crippen molar-refractivity contribution in [1.29, 1.82) is 0 Å². The van der Waals surface area contributed by atoms with E-state index in [2.05, 4.69) is 4.98 Å². The van der Waals surface area contributed by atoms with E-state index >= 15 is 0 Å². The second-order valence-electron chi connectivity index (χ2n) is 2.61. The number of hydrogen-bond acceptors (Lipinski definition) is 3. The van der Waals surface area contributed by atoms with Crippen LogP contribution in [0.3, 0.4) is 0 Å². The Balaban J connectivity index is 2.29. The van der Waals surface area contributed by atoms with Gasteiger partial charge in [0.1, 0.15) is 0 Å². The van der Waals surface area contributed by atoms with Crippen LogP contribution in [-0.2, 0) is 6.54 Å².